The van der Waals surface area contributed by atoms with Crippen LogP contribution in [0.3, 0.4) is 0 Å². The Bertz CT molecular complexity index is 136. The van der Waals surface area contributed by atoms with Gasteiger partial charge in [0, 0.05) is 5.70 Å². The fraction of sp³-hybridized carbons (Fsp3) is 0.556. The topological polar surface area (TPSA) is 26.0 Å². The summed E-state index contributed by atoms with van der Waals surface area (Å²) in [5.74, 6) is 0.674. The van der Waals surface area contributed by atoms with Crippen LogP contribution in [0.4, 0.5) is 0 Å². The molecule has 0 aromatic heterocycles. The van der Waals surface area contributed by atoms with E-state index in [9.17, 15) is 0 Å². The highest BCUT2D eigenvalue weighted by molar-refractivity contribution is 5.21. The van der Waals surface area contributed by atoms with Gasteiger partial charge in [-0.25, -0.2) is 0 Å². The number of allylic oxidation sites excluding steroid dienone is 1. The van der Waals surface area contributed by atoms with Gasteiger partial charge in [0.25, 0.3) is 0 Å². The highest BCUT2D eigenvalue weighted by Gasteiger charge is 2.01. The van der Waals surface area contributed by atoms with Gasteiger partial charge in [-0.1, -0.05) is 33.4 Å². The quantitative estimate of drug-likeness (QED) is 0.595. The van der Waals surface area contributed by atoms with E-state index in [1.807, 2.05) is 0 Å². The molecule has 2 N–H and O–H groups in total. The average Bonchev–Trinajstić information content (AvgIpc) is 1.87. The van der Waals surface area contributed by atoms with Crippen molar-refractivity contribution >= 4 is 0 Å². The van der Waals surface area contributed by atoms with Crippen molar-refractivity contribution in [2.45, 2.75) is 26.7 Å². The third-order valence-corrected chi connectivity index (χ3v) is 1.75. The first-order valence-electron chi connectivity index (χ1n) is 3.70. The summed E-state index contributed by atoms with van der Waals surface area (Å²) in [4.78, 5) is 0. The van der Waals surface area contributed by atoms with Crippen LogP contribution < -0.4 is 5.73 Å². The first-order valence-corrected chi connectivity index (χ1v) is 3.70. The Kier molecular flexibility index (Phi) is 3.85. The molecule has 0 saturated heterocycles. The molecule has 58 valence electrons. The van der Waals surface area contributed by atoms with E-state index in [0.29, 0.717) is 11.6 Å². The van der Waals surface area contributed by atoms with Gasteiger partial charge in [0.05, 0.1) is 0 Å². The Labute approximate surface area is 63.6 Å². The fourth-order valence-electron chi connectivity index (χ4n) is 0.696. The second-order valence-electron chi connectivity index (χ2n) is 2.85. The molecule has 1 atom stereocenters. The lowest BCUT2D eigenvalue weighted by Crippen LogP contribution is -2.02. The monoisotopic (exact) mass is 139 g/mol. The Morgan fingerprint density at radius 1 is 1.50 bits per heavy atom. The molecule has 0 rings (SSSR count). The molecule has 0 aromatic rings. The molecule has 0 saturated carbocycles. The zero-order valence-electron chi connectivity index (χ0n) is 6.98. The molecule has 0 radical (unpaired) electrons. The van der Waals surface area contributed by atoms with Crippen molar-refractivity contribution in [1.82, 2.24) is 0 Å². The van der Waals surface area contributed by atoms with Gasteiger partial charge in [-0.05, 0) is 17.9 Å². The van der Waals surface area contributed by atoms with Crippen LogP contribution in [0.15, 0.2) is 24.4 Å². The SMILES string of the molecule is C=C(N)C(=C)C[C@@H](C)CC. The summed E-state index contributed by atoms with van der Waals surface area (Å²) < 4.78 is 0. The van der Waals surface area contributed by atoms with Crippen LogP contribution in [-0.4, -0.2) is 0 Å². The standard InChI is InChI=1S/C9H17N/c1-5-7(2)6-8(3)9(4)10/h7H,3-6,10H2,1-2H3/t7-/m0/s1. The first kappa shape index (κ1) is 9.28. The van der Waals surface area contributed by atoms with Gasteiger partial charge in [-0.3, -0.25) is 0 Å². The Morgan fingerprint density at radius 3 is 2.30 bits per heavy atom. The summed E-state index contributed by atoms with van der Waals surface area (Å²) >= 11 is 0. The zero-order valence-corrected chi connectivity index (χ0v) is 6.98. The van der Waals surface area contributed by atoms with Crippen molar-refractivity contribution in [1.29, 1.82) is 0 Å². The van der Waals surface area contributed by atoms with E-state index in [4.69, 9.17) is 5.73 Å². The van der Waals surface area contributed by atoms with Gasteiger partial charge in [-0.2, -0.15) is 0 Å². The fourth-order valence-corrected chi connectivity index (χ4v) is 0.696. The molecular formula is C9H17N. The molecule has 0 aliphatic rings. The smallest absolute Gasteiger partial charge is 0.0267 e. The van der Waals surface area contributed by atoms with Gasteiger partial charge in [0.2, 0.25) is 0 Å². The number of hydrogen-bond donors (Lipinski definition) is 1. The molecule has 1 nitrogen and oxygen atoms in total. The second-order valence-corrected chi connectivity index (χ2v) is 2.85. The first-order chi connectivity index (χ1) is 4.57. The predicted molar refractivity (Wildman–Crippen MR) is 46.5 cm³/mol. The van der Waals surface area contributed by atoms with Crippen molar-refractivity contribution in [3.05, 3.63) is 24.4 Å². The summed E-state index contributed by atoms with van der Waals surface area (Å²) in [7, 11) is 0. The molecule has 10 heavy (non-hydrogen) atoms. The molecule has 0 aliphatic heterocycles. The van der Waals surface area contributed by atoms with Gasteiger partial charge >= 0.3 is 0 Å². The number of hydrogen-bond acceptors (Lipinski definition) is 1. The van der Waals surface area contributed by atoms with Crippen molar-refractivity contribution in [3.63, 3.8) is 0 Å². The van der Waals surface area contributed by atoms with Crippen LogP contribution in [0, 0.1) is 5.92 Å². The Balaban J connectivity index is 3.68. The van der Waals surface area contributed by atoms with E-state index < -0.39 is 0 Å². The van der Waals surface area contributed by atoms with Crippen molar-refractivity contribution in [2.24, 2.45) is 11.7 Å². The van der Waals surface area contributed by atoms with E-state index >= 15 is 0 Å². The van der Waals surface area contributed by atoms with Gasteiger partial charge in [-0.15, -0.1) is 0 Å². The summed E-state index contributed by atoms with van der Waals surface area (Å²) in [5, 5.41) is 0. The number of rotatable bonds is 4. The van der Waals surface area contributed by atoms with Gasteiger partial charge in [0.15, 0.2) is 0 Å². The average molecular weight is 139 g/mol. The minimum Gasteiger partial charge on any atom is -0.399 e. The molecule has 0 bridgehead atoms. The summed E-state index contributed by atoms with van der Waals surface area (Å²) in [6, 6.07) is 0. The van der Waals surface area contributed by atoms with Crippen molar-refractivity contribution in [2.75, 3.05) is 0 Å². The van der Waals surface area contributed by atoms with Crippen molar-refractivity contribution in [3.8, 4) is 0 Å². The van der Waals surface area contributed by atoms with E-state index in [2.05, 4.69) is 27.0 Å². The summed E-state index contributed by atoms with van der Waals surface area (Å²) in [6.07, 6.45) is 2.15. The van der Waals surface area contributed by atoms with Crippen LogP contribution in [0.25, 0.3) is 0 Å². The van der Waals surface area contributed by atoms with Crippen LogP contribution in [0.1, 0.15) is 26.7 Å². The normalized spacial score (nSPS) is 12.6. The van der Waals surface area contributed by atoms with Crippen LogP contribution in [0.2, 0.25) is 0 Å². The second kappa shape index (κ2) is 4.15. The molecule has 0 spiro atoms. The Hall–Kier alpha value is -0.720. The van der Waals surface area contributed by atoms with E-state index in [1.54, 1.807) is 0 Å². The molecule has 0 unspecified atom stereocenters. The predicted octanol–water partition coefficient (Wildman–Crippen LogP) is 2.45. The molecular weight excluding hydrogens is 122 g/mol. The zero-order chi connectivity index (χ0) is 8.15. The minimum absolute atomic E-state index is 0.625. The molecule has 0 heterocycles. The molecule has 0 amide bonds. The largest absolute Gasteiger partial charge is 0.399 e. The maximum atomic E-state index is 5.44. The van der Waals surface area contributed by atoms with Gasteiger partial charge < -0.3 is 5.73 Å². The summed E-state index contributed by atoms with van der Waals surface area (Å²) in [6.45, 7) is 11.8. The molecule has 0 aromatic carbocycles. The maximum absolute atomic E-state index is 5.44. The van der Waals surface area contributed by atoms with E-state index in [0.717, 1.165) is 12.0 Å². The van der Waals surface area contributed by atoms with Crippen LogP contribution in [0.5, 0.6) is 0 Å². The van der Waals surface area contributed by atoms with Crippen molar-refractivity contribution < 1.29 is 0 Å². The lowest BCUT2D eigenvalue weighted by atomic mass is 9.99. The lowest BCUT2D eigenvalue weighted by Gasteiger charge is -2.09. The molecule has 0 fully saturated rings. The third-order valence-electron chi connectivity index (χ3n) is 1.75. The minimum atomic E-state index is 0.625. The lowest BCUT2D eigenvalue weighted by molar-refractivity contribution is 0.560. The molecule has 0 aliphatic carbocycles. The van der Waals surface area contributed by atoms with E-state index in [-0.39, 0.29) is 0 Å². The Morgan fingerprint density at radius 2 is 2.00 bits per heavy atom. The summed E-state index contributed by atoms with van der Waals surface area (Å²) in [5.41, 5.74) is 7.05. The third kappa shape index (κ3) is 3.33. The van der Waals surface area contributed by atoms with Gasteiger partial charge in [0.1, 0.15) is 0 Å². The van der Waals surface area contributed by atoms with Crippen LogP contribution in [-0.2, 0) is 0 Å². The van der Waals surface area contributed by atoms with Crippen LogP contribution >= 0.6 is 0 Å². The molecule has 1 heteroatoms. The van der Waals surface area contributed by atoms with E-state index in [1.165, 1.54) is 6.42 Å². The highest BCUT2D eigenvalue weighted by Crippen LogP contribution is 2.15. The maximum Gasteiger partial charge on any atom is 0.0267 e. The number of nitrogens with two attached hydrogens (primary N) is 1. The highest BCUT2D eigenvalue weighted by atomic mass is 14.6.